The Hall–Kier alpha value is -1.53. The summed E-state index contributed by atoms with van der Waals surface area (Å²) < 4.78 is 0. The van der Waals surface area contributed by atoms with Gasteiger partial charge in [0, 0.05) is 18.3 Å². The van der Waals surface area contributed by atoms with Crippen LogP contribution >= 0.6 is 0 Å². The monoisotopic (exact) mass is 229 g/mol. The average molecular weight is 229 g/mol. The molecule has 0 bridgehead atoms. The maximum Gasteiger partial charge on any atom is 0.0991 e. The number of benzene rings is 1. The largest absolute Gasteiger partial charge is 0.381 e. The molecule has 17 heavy (non-hydrogen) atoms. The van der Waals surface area contributed by atoms with Crippen molar-refractivity contribution in [2.45, 2.75) is 25.8 Å². The maximum absolute atomic E-state index is 8.72. The lowest BCUT2D eigenvalue weighted by atomic mass is 10.2. The van der Waals surface area contributed by atoms with Crippen LogP contribution in [0.3, 0.4) is 0 Å². The molecule has 1 aliphatic heterocycles. The highest BCUT2D eigenvalue weighted by atomic mass is 15.2. The van der Waals surface area contributed by atoms with E-state index in [-0.39, 0.29) is 0 Å². The molecule has 0 radical (unpaired) electrons. The van der Waals surface area contributed by atoms with E-state index in [1.54, 1.807) is 0 Å². The van der Waals surface area contributed by atoms with Crippen LogP contribution in [0.1, 0.15) is 25.3 Å². The van der Waals surface area contributed by atoms with Gasteiger partial charge in [0.15, 0.2) is 0 Å². The first-order valence-corrected chi connectivity index (χ1v) is 6.27. The van der Waals surface area contributed by atoms with E-state index in [1.807, 2.05) is 24.3 Å². The molecule has 0 spiro atoms. The van der Waals surface area contributed by atoms with Crippen LogP contribution < -0.4 is 5.32 Å². The highest BCUT2D eigenvalue weighted by Gasteiger charge is 2.14. The summed E-state index contributed by atoms with van der Waals surface area (Å²) in [6, 6.07) is 10.2. The zero-order valence-corrected chi connectivity index (χ0v) is 10.3. The fourth-order valence-electron chi connectivity index (χ4n) is 2.32. The van der Waals surface area contributed by atoms with Gasteiger partial charge < -0.3 is 10.2 Å². The minimum atomic E-state index is 0.445. The van der Waals surface area contributed by atoms with Crippen molar-refractivity contribution >= 4 is 5.69 Å². The van der Waals surface area contributed by atoms with Crippen molar-refractivity contribution < 1.29 is 0 Å². The molecule has 0 saturated carbocycles. The summed E-state index contributed by atoms with van der Waals surface area (Å²) in [5.41, 5.74) is 1.80. The number of hydrogen-bond donors (Lipinski definition) is 1. The summed E-state index contributed by atoms with van der Waals surface area (Å²) in [5, 5.41) is 12.2. The second-order valence-corrected chi connectivity index (χ2v) is 4.74. The summed E-state index contributed by atoms with van der Waals surface area (Å²) in [4.78, 5) is 2.50. The lowest BCUT2D eigenvalue weighted by Crippen LogP contribution is -2.32. The molecule has 1 aliphatic rings. The molecule has 2 rings (SSSR count). The highest BCUT2D eigenvalue weighted by molar-refractivity contribution is 5.47. The van der Waals surface area contributed by atoms with E-state index in [9.17, 15) is 0 Å². The molecule has 1 heterocycles. The van der Waals surface area contributed by atoms with Crippen molar-refractivity contribution in [2.75, 3.05) is 25.0 Å². The predicted octanol–water partition coefficient (Wildman–Crippen LogP) is 2.45. The Morgan fingerprint density at radius 2 is 1.94 bits per heavy atom. The summed E-state index contributed by atoms with van der Waals surface area (Å²) in [7, 11) is 0. The molecule has 1 saturated heterocycles. The first-order chi connectivity index (χ1) is 8.28. The van der Waals surface area contributed by atoms with Crippen LogP contribution in [0.5, 0.6) is 0 Å². The maximum atomic E-state index is 8.72. The third-order valence-electron chi connectivity index (χ3n) is 3.16. The first kappa shape index (κ1) is 11.9. The summed E-state index contributed by atoms with van der Waals surface area (Å²) in [5.74, 6) is 0. The lowest BCUT2D eigenvalue weighted by Gasteiger charge is -2.22. The van der Waals surface area contributed by atoms with E-state index in [1.165, 1.54) is 25.9 Å². The Morgan fingerprint density at radius 3 is 2.53 bits per heavy atom. The number of nitrogens with one attached hydrogen (secondary N) is 1. The smallest absolute Gasteiger partial charge is 0.0991 e. The Labute approximate surface area is 103 Å². The number of hydrogen-bond acceptors (Lipinski definition) is 3. The van der Waals surface area contributed by atoms with Gasteiger partial charge in [-0.3, -0.25) is 0 Å². The van der Waals surface area contributed by atoms with E-state index >= 15 is 0 Å². The third-order valence-corrected chi connectivity index (χ3v) is 3.16. The van der Waals surface area contributed by atoms with Crippen molar-refractivity contribution in [2.24, 2.45) is 0 Å². The second kappa shape index (κ2) is 5.70. The van der Waals surface area contributed by atoms with Gasteiger partial charge in [0.25, 0.3) is 0 Å². The van der Waals surface area contributed by atoms with E-state index in [2.05, 4.69) is 23.2 Å². The Morgan fingerprint density at radius 1 is 1.29 bits per heavy atom. The molecular weight excluding hydrogens is 210 g/mol. The number of nitriles is 1. The van der Waals surface area contributed by atoms with Gasteiger partial charge in [-0.25, -0.2) is 0 Å². The van der Waals surface area contributed by atoms with Crippen LogP contribution in [0, 0.1) is 11.3 Å². The fraction of sp³-hybridized carbons (Fsp3) is 0.500. The van der Waals surface area contributed by atoms with Crippen molar-refractivity contribution in [1.82, 2.24) is 4.90 Å². The molecule has 90 valence electrons. The van der Waals surface area contributed by atoms with E-state index < -0.39 is 0 Å². The molecule has 1 N–H and O–H groups in total. The van der Waals surface area contributed by atoms with E-state index in [0.29, 0.717) is 11.6 Å². The van der Waals surface area contributed by atoms with Gasteiger partial charge in [-0.1, -0.05) is 0 Å². The zero-order valence-electron chi connectivity index (χ0n) is 10.3. The summed E-state index contributed by atoms with van der Waals surface area (Å²) >= 11 is 0. The molecule has 0 aliphatic carbocycles. The van der Waals surface area contributed by atoms with Gasteiger partial charge >= 0.3 is 0 Å². The molecule has 1 aromatic carbocycles. The van der Waals surface area contributed by atoms with Crippen LogP contribution in [-0.4, -0.2) is 30.6 Å². The van der Waals surface area contributed by atoms with Crippen LogP contribution in [0.4, 0.5) is 5.69 Å². The van der Waals surface area contributed by atoms with Crippen LogP contribution in [0.25, 0.3) is 0 Å². The SMILES string of the molecule is CC(CN1CCCC1)Nc1ccc(C#N)cc1. The summed E-state index contributed by atoms with van der Waals surface area (Å²) in [6.45, 7) is 5.77. The summed E-state index contributed by atoms with van der Waals surface area (Å²) in [6.07, 6.45) is 2.67. The second-order valence-electron chi connectivity index (χ2n) is 4.74. The molecule has 1 fully saturated rings. The van der Waals surface area contributed by atoms with Gasteiger partial charge in [-0.2, -0.15) is 5.26 Å². The Bertz CT molecular complexity index is 385. The number of anilines is 1. The van der Waals surface area contributed by atoms with Gasteiger partial charge in [0.1, 0.15) is 0 Å². The van der Waals surface area contributed by atoms with Crippen LogP contribution in [-0.2, 0) is 0 Å². The third kappa shape index (κ3) is 3.47. The molecule has 3 nitrogen and oxygen atoms in total. The van der Waals surface area contributed by atoms with Crippen molar-refractivity contribution in [3.8, 4) is 6.07 Å². The van der Waals surface area contributed by atoms with Crippen LogP contribution in [0.15, 0.2) is 24.3 Å². The topological polar surface area (TPSA) is 39.1 Å². The number of likely N-dealkylation sites (tertiary alicyclic amines) is 1. The zero-order chi connectivity index (χ0) is 12.1. The van der Waals surface area contributed by atoms with Crippen molar-refractivity contribution in [3.05, 3.63) is 29.8 Å². The van der Waals surface area contributed by atoms with Gasteiger partial charge in [0.05, 0.1) is 11.6 Å². The van der Waals surface area contributed by atoms with Crippen molar-refractivity contribution in [3.63, 3.8) is 0 Å². The number of rotatable bonds is 4. The standard InChI is InChI=1S/C14H19N3/c1-12(11-17-8-2-3-9-17)16-14-6-4-13(10-15)5-7-14/h4-7,12,16H,2-3,8-9,11H2,1H3. The highest BCUT2D eigenvalue weighted by Crippen LogP contribution is 2.12. The molecular formula is C14H19N3. The van der Waals surface area contributed by atoms with Crippen LogP contribution in [0.2, 0.25) is 0 Å². The fourth-order valence-corrected chi connectivity index (χ4v) is 2.32. The van der Waals surface area contributed by atoms with Gasteiger partial charge in [-0.15, -0.1) is 0 Å². The first-order valence-electron chi connectivity index (χ1n) is 6.27. The molecule has 1 unspecified atom stereocenters. The normalized spacial score (nSPS) is 17.6. The Kier molecular flexibility index (Phi) is 4.00. The molecule has 1 atom stereocenters. The molecule has 0 aromatic heterocycles. The minimum absolute atomic E-state index is 0.445. The van der Waals surface area contributed by atoms with Crippen molar-refractivity contribution in [1.29, 1.82) is 5.26 Å². The van der Waals surface area contributed by atoms with Gasteiger partial charge in [-0.05, 0) is 57.1 Å². The molecule has 3 heteroatoms. The average Bonchev–Trinajstić information content (AvgIpc) is 2.82. The van der Waals surface area contributed by atoms with Gasteiger partial charge in [0.2, 0.25) is 0 Å². The van der Waals surface area contributed by atoms with E-state index in [0.717, 1.165) is 12.2 Å². The predicted molar refractivity (Wildman–Crippen MR) is 69.9 cm³/mol. The Balaban J connectivity index is 1.84. The quantitative estimate of drug-likeness (QED) is 0.862. The van der Waals surface area contributed by atoms with E-state index in [4.69, 9.17) is 5.26 Å². The molecule has 0 amide bonds. The lowest BCUT2D eigenvalue weighted by molar-refractivity contribution is 0.328. The number of nitrogens with zero attached hydrogens (tertiary/aromatic N) is 2. The minimum Gasteiger partial charge on any atom is -0.381 e. The molecule has 1 aromatic rings.